The molecule has 0 atom stereocenters. The fourth-order valence-corrected chi connectivity index (χ4v) is 1.64. The smallest absolute Gasteiger partial charge is 0.246 e. The first-order valence-corrected chi connectivity index (χ1v) is 5.05. The van der Waals surface area contributed by atoms with E-state index < -0.39 is 0 Å². The average Bonchev–Trinajstić information content (AvgIpc) is 2.56. The predicted molar refractivity (Wildman–Crippen MR) is 54.2 cm³/mol. The van der Waals surface area contributed by atoms with Gasteiger partial charge in [-0.2, -0.15) is 11.3 Å². The molecular formula is C9H11NO2S. The number of nitro groups is 1. The van der Waals surface area contributed by atoms with Gasteiger partial charge in [0.25, 0.3) is 0 Å². The first-order valence-electron chi connectivity index (χ1n) is 4.11. The molecule has 0 aliphatic rings. The Morgan fingerprint density at radius 3 is 3.00 bits per heavy atom. The molecule has 0 saturated carbocycles. The molecule has 0 fully saturated rings. The van der Waals surface area contributed by atoms with Gasteiger partial charge in [-0.15, -0.1) is 0 Å². The van der Waals surface area contributed by atoms with E-state index in [1.165, 1.54) is 0 Å². The molecule has 0 aliphatic heterocycles. The molecule has 0 amide bonds. The van der Waals surface area contributed by atoms with E-state index in [1.54, 1.807) is 17.4 Å². The fourth-order valence-electron chi connectivity index (χ4n) is 1.02. The van der Waals surface area contributed by atoms with E-state index in [9.17, 15) is 10.1 Å². The van der Waals surface area contributed by atoms with Gasteiger partial charge in [0.05, 0.1) is 4.92 Å². The van der Waals surface area contributed by atoms with Crippen LogP contribution in [0.4, 0.5) is 0 Å². The van der Waals surface area contributed by atoms with Gasteiger partial charge in [0.2, 0.25) is 5.70 Å². The van der Waals surface area contributed by atoms with Crippen molar-refractivity contribution in [2.75, 3.05) is 0 Å². The monoisotopic (exact) mass is 197 g/mol. The maximum Gasteiger partial charge on any atom is 0.246 e. The second kappa shape index (κ2) is 4.77. The van der Waals surface area contributed by atoms with Gasteiger partial charge >= 0.3 is 0 Å². The zero-order chi connectivity index (χ0) is 9.68. The lowest BCUT2D eigenvalue weighted by Crippen LogP contribution is -1.97. The highest BCUT2D eigenvalue weighted by atomic mass is 32.1. The third kappa shape index (κ3) is 2.99. The topological polar surface area (TPSA) is 43.1 Å². The molecule has 0 aromatic carbocycles. The van der Waals surface area contributed by atoms with Gasteiger partial charge < -0.3 is 0 Å². The van der Waals surface area contributed by atoms with Crippen LogP contribution in [0.25, 0.3) is 6.08 Å². The van der Waals surface area contributed by atoms with Crippen LogP contribution in [-0.4, -0.2) is 4.92 Å². The van der Waals surface area contributed by atoms with Crippen LogP contribution in [0.5, 0.6) is 0 Å². The molecule has 0 unspecified atom stereocenters. The molecule has 0 aliphatic carbocycles. The van der Waals surface area contributed by atoms with Crippen molar-refractivity contribution >= 4 is 17.4 Å². The number of allylic oxidation sites excluding steroid dienone is 1. The summed E-state index contributed by atoms with van der Waals surface area (Å²) in [6.07, 6.45) is 2.97. The van der Waals surface area contributed by atoms with Gasteiger partial charge in [-0.1, -0.05) is 6.92 Å². The largest absolute Gasteiger partial charge is 0.259 e. The molecule has 0 radical (unpaired) electrons. The Bertz CT molecular complexity index is 303. The predicted octanol–water partition coefficient (Wildman–Crippen LogP) is 3.17. The molecule has 1 heterocycles. The number of nitrogens with zero attached hydrogens (tertiary/aromatic N) is 1. The molecular weight excluding hydrogens is 186 g/mol. The minimum Gasteiger partial charge on any atom is -0.259 e. The van der Waals surface area contributed by atoms with E-state index in [1.807, 2.05) is 23.8 Å². The van der Waals surface area contributed by atoms with Crippen LogP contribution in [0.3, 0.4) is 0 Å². The Morgan fingerprint density at radius 2 is 2.54 bits per heavy atom. The van der Waals surface area contributed by atoms with Crippen molar-refractivity contribution in [2.45, 2.75) is 19.8 Å². The van der Waals surface area contributed by atoms with Gasteiger partial charge in [-0.25, -0.2) is 0 Å². The summed E-state index contributed by atoms with van der Waals surface area (Å²) >= 11 is 1.54. The molecule has 0 saturated heterocycles. The first-order chi connectivity index (χ1) is 6.24. The average molecular weight is 197 g/mol. The third-order valence-electron chi connectivity index (χ3n) is 1.62. The van der Waals surface area contributed by atoms with Crippen LogP contribution in [0.1, 0.15) is 25.3 Å². The zero-order valence-electron chi connectivity index (χ0n) is 7.40. The van der Waals surface area contributed by atoms with Gasteiger partial charge in [0.1, 0.15) is 0 Å². The minimum absolute atomic E-state index is 0.293. The second-order valence-electron chi connectivity index (χ2n) is 2.70. The fraction of sp³-hybridized carbons (Fsp3) is 0.333. The Hall–Kier alpha value is -1.16. The van der Waals surface area contributed by atoms with Crippen LogP contribution in [-0.2, 0) is 0 Å². The Kier molecular flexibility index (Phi) is 3.64. The molecule has 1 rings (SSSR count). The number of hydrogen-bond acceptors (Lipinski definition) is 3. The van der Waals surface area contributed by atoms with Gasteiger partial charge in [0, 0.05) is 12.5 Å². The second-order valence-corrected chi connectivity index (χ2v) is 3.48. The number of thiophene rings is 1. The zero-order valence-corrected chi connectivity index (χ0v) is 8.21. The van der Waals surface area contributed by atoms with E-state index in [2.05, 4.69) is 0 Å². The Morgan fingerprint density at radius 1 is 1.77 bits per heavy atom. The highest BCUT2D eigenvalue weighted by molar-refractivity contribution is 7.08. The van der Waals surface area contributed by atoms with Gasteiger partial charge in [-0.05, 0) is 28.8 Å². The molecule has 3 nitrogen and oxygen atoms in total. The Balaban J connectivity index is 2.80. The van der Waals surface area contributed by atoms with E-state index in [0.717, 1.165) is 12.0 Å². The van der Waals surface area contributed by atoms with Gasteiger partial charge in [0.15, 0.2) is 0 Å². The highest BCUT2D eigenvalue weighted by Crippen LogP contribution is 2.14. The highest BCUT2D eigenvalue weighted by Gasteiger charge is 2.08. The van der Waals surface area contributed by atoms with Crippen LogP contribution in [0.2, 0.25) is 0 Å². The summed E-state index contributed by atoms with van der Waals surface area (Å²) in [6, 6.07) is 1.88. The number of hydrogen-bond donors (Lipinski definition) is 0. The summed E-state index contributed by atoms with van der Waals surface area (Å²) in [5.74, 6) is 0. The maximum atomic E-state index is 10.6. The third-order valence-corrected chi connectivity index (χ3v) is 2.32. The van der Waals surface area contributed by atoms with Crippen LogP contribution < -0.4 is 0 Å². The molecule has 13 heavy (non-hydrogen) atoms. The van der Waals surface area contributed by atoms with E-state index >= 15 is 0 Å². The SMILES string of the molecule is CCC/C(=C\c1ccsc1)[N+](=O)[O-]. The van der Waals surface area contributed by atoms with Crippen molar-refractivity contribution in [1.82, 2.24) is 0 Å². The molecule has 4 heteroatoms. The van der Waals surface area contributed by atoms with Crippen LogP contribution >= 0.6 is 11.3 Å². The van der Waals surface area contributed by atoms with Crippen molar-refractivity contribution in [3.63, 3.8) is 0 Å². The van der Waals surface area contributed by atoms with Crippen molar-refractivity contribution in [1.29, 1.82) is 0 Å². The van der Waals surface area contributed by atoms with Crippen molar-refractivity contribution in [2.24, 2.45) is 0 Å². The minimum atomic E-state index is -0.304. The standard InChI is InChI=1S/C9H11NO2S/c1-2-3-9(10(11)12)6-8-4-5-13-7-8/h4-7H,2-3H2,1H3/b9-6+. The normalized spacial score (nSPS) is 11.6. The molecule has 1 aromatic rings. The first kappa shape index (κ1) is 9.92. The lowest BCUT2D eigenvalue weighted by molar-refractivity contribution is -0.426. The van der Waals surface area contributed by atoms with Crippen LogP contribution in [0, 0.1) is 10.1 Å². The van der Waals surface area contributed by atoms with Crippen molar-refractivity contribution < 1.29 is 4.92 Å². The molecule has 0 spiro atoms. The lowest BCUT2D eigenvalue weighted by Gasteiger charge is -1.94. The molecule has 1 aromatic heterocycles. The summed E-state index contributed by atoms with van der Waals surface area (Å²) in [7, 11) is 0. The molecule has 70 valence electrons. The van der Waals surface area contributed by atoms with E-state index in [-0.39, 0.29) is 4.92 Å². The summed E-state index contributed by atoms with van der Waals surface area (Å²) in [5, 5.41) is 14.4. The molecule has 0 N–H and O–H groups in total. The lowest BCUT2D eigenvalue weighted by atomic mass is 10.2. The van der Waals surface area contributed by atoms with Gasteiger partial charge in [-0.3, -0.25) is 10.1 Å². The number of rotatable bonds is 4. The summed E-state index contributed by atoms with van der Waals surface area (Å²) in [4.78, 5) is 10.3. The maximum absolute atomic E-state index is 10.6. The van der Waals surface area contributed by atoms with Crippen molar-refractivity contribution in [3.05, 3.63) is 38.2 Å². The van der Waals surface area contributed by atoms with E-state index in [4.69, 9.17) is 0 Å². The van der Waals surface area contributed by atoms with Crippen molar-refractivity contribution in [3.8, 4) is 0 Å². The summed E-state index contributed by atoms with van der Waals surface area (Å²) in [6.45, 7) is 1.94. The summed E-state index contributed by atoms with van der Waals surface area (Å²) in [5.41, 5.74) is 1.21. The molecule has 0 bridgehead atoms. The Labute approximate surface area is 80.9 Å². The summed E-state index contributed by atoms with van der Waals surface area (Å²) < 4.78 is 0. The van der Waals surface area contributed by atoms with Crippen LogP contribution in [0.15, 0.2) is 22.5 Å². The van der Waals surface area contributed by atoms with E-state index in [0.29, 0.717) is 12.1 Å². The quantitative estimate of drug-likeness (QED) is 0.549.